The molecule has 0 saturated carbocycles. The van der Waals surface area contributed by atoms with Crippen molar-refractivity contribution in [3.05, 3.63) is 51.7 Å². The van der Waals surface area contributed by atoms with Crippen LogP contribution in [0.3, 0.4) is 0 Å². The third-order valence-electron chi connectivity index (χ3n) is 2.23. The summed E-state index contributed by atoms with van der Waals surface area (Å²) in [6.07, 6.45) is 1.37. The quantitative estimate of drug-likeness (QED) is 0.824. The first-order valence-corrected chi connectivity index (χ1v) is 7.74. The van der Waals surface area contributed by atoms with Gasteiger partial charge in [-0.25, -0.2) is 22.2 Å². The second-order valence-electron chi connectivity index (χ2n) is 3.67. The van der Waals surface area contributed by atoms with Gasteiger partial charge < -0.3 is 0 Å². The number of nitrogens with zero attached hydrogens (tertiary/aromatic N) is 1. The van der Waals surface area contributed by atoms with E-state index in [1.807, 2.05) is 0 Å². The lowest BCUT2D eigenvalue weighted by Crippen LogP contribution is -2.15. The predicted octanol–water partition coefficient (Wildman–Crippen LogP) is 3.58. The lowest BCUT2D eigenvalue weighted by atomic mass is 10.3. The van der Waals surface area contributed by atoms with Gasteiger partial charge in [-0.15, -0.1) is 0 Å². The van der Waals surface area contributed by atoms with Gasteiger partial charge in [0, 0.05) is 16.7 Å². The molecule has 0 atom stereocenters. The van der Waals surface area contributed by atoms with Crippen LogP contribution in [0.2, 0.25) is 5.15 Å². The van der Waals surface area contributed by atoms with Crippen LogP contribution in [0.5, 0.6) is 0 Å². The van der Waals surface area contributed by atoms with E-state index in [4.69, 9.17) is 11.6 Å². The van der Waals surface area contributed by atoms with Crippen LogP contribution in [-0.4, -0.2) is 13.4 Å². The second kappa shape index (κ2) is 5.63. The maximum Gasteiger partial charge on any atom is 0.264 e. The average Bonchev–Trinajstić information content (AvgIpc) is 2.33. The highest BCUT2D eigenvalue weighted by Gasteiger charge is 2.21. The molecule has 1 heterocycles. The van der Waals surface area contributed by atoms with Crippen LogP contribution in [0.1, 0.15) is 0 Å². The number of pyridine rings is 1. The number of halogens is 4. The van der Waals surface area contributed by atoms with Crippen LogP contribution in [0.25, 0.3) is 0 Å². The van der Waals surface area contributed by atoms with Crippen molar-refractivity contribution in [3.8, 4) is 0 Å². The van der Waals surface area contributed by atoms with Gasteiger partial charge in [0.1, 0.15) is 16.5 Å². The van der Waals surface area contributed by atoms with Crippen LogP contribution in [-0.2, 0) is 10.0 Å². The van der Waals surface area contributed by atoms with E-state index in [1.165, 1.54) is 12.3 Å². The summed E-state index contributed by atoms with van der Waals surface area (Å²) in [5.74, 6) is -2.07. The molecule has 9 heteroatoms. The molecule has 1 aromatic carbocycles. The van der Waals surface area contributed by atoms with Gasteiger partial charge in [-0.2, -0.15) is 0 Å². The lowest BCUT2D eigenvalue weighted by molar-refractivity contribution is 0.551. The van der Waals surface area contributed by atoms with E-state index < -0.39 is 26.6 Å². The zero-order valence-corrected chi connectivity index (χ0v) is 12.7. The maximum atomic E-state index is 13.5. The number of hydrogen-bond donors (Lipinski definition) is 1. The van der Waals surface area contributed by atoms with Crippen molar-refractivity contribution < 1.29 is 17.2 Å². The third kappa shape index (κ3) is 3.25. The van der Waals surface area contributed by atoms with Crippen LogP contribution < -0.4 is 4.72 Å². The van der Waals surface area contributed by atoms with Gasteiger partial charge in [-0.1, -0.05) is 11.6 Å². The molecule has 0 aliphatic rings. The largest absolute Gasteiger partial charge is 0.276 e. The zero-order chi connectivity index (χ0) is 14.9. The molecule has 0 aliphatic heterocycles. The van der Waals surface area contributed by atoms with Crippen molar-refractivity contribution in [2.75, 3.05) is 4.72 Å². The molecular formula is C11H6BrClF2N2O2S. The molecular weight excluding hydrogens is 378 g/mol. The van der Waals surface area contributed by atoms with E-state index in [0.29, 0.717) is 10.5 Å². The summed E-state index contributed by atoms with van der Waals surface area (Å²) in [6.45, 7) is 0. The Balaban J connectivity index is 2.43. The van der Waals surface area contributed by atoms with E-state index in [9.17, 15) is 17.2 Å². The normalized spacial score (nSPS) is 11.4. The number of nitrogens with one attached hydrogen (secondary N) is 1. The minimum absolute atomic E-state index is 0.0234. The van der Waals surface area contributed by atoms with E-state index in [-0.39, 0.29) is 10.8 Å². The molecule has 0 bridgehead atoms. The Morgan fingerprint density at radius 1 is 1.25 bits per heavy atom. The van der Waals surface area contributed by atoms with Crippen molar-refractivity contribution in [2.24, 2.45) is 0 Å². The fourth-order valence-electron chi connectivity index (χ4n) is 1.39. The van der Waals surface area contributed by atoms with E-state index in [1.54, 1.807) is 0 Å². The van der Waals surface area contributed by atoms with Gasteiger partial charge in [0.05, 0.1) is 5.69 Å². The van der Waals surface area contributed by atoms with Crippen molar-refractivity contribution >= 4 is 43.2 Å². The Hall–Kier alpha value is -1.25. The molecule has 0 unspecified atom stereocenters. The molecule has 2 aromatic rings. The summed E-state index contributed by atoms with van der Waals surface area (Å²) in [4.78, 5) is 3.05. The smallest absolute Gasteiger partial charge is 0.264 e. The molecule has 20 heavy (non-hydrogen) atoms. The van der Waals surface area contributed by atoms with Gasteiger partial charge in [-0.05, 0) is 34.1 Å². The molecule has 0 spiro atoms. The number of benzene rings is 1. The van der Waals surface area contributed by atoms with Gasteiger partial charge >= 0.3 is 0 Å². The van der Waals surface area contributed by atoms with Crippen molar-refractivity contribution in [2.45, 2.75) is 4.90 Å². The van der Waals surface area contributed by atoms with Gasteiger partial charge in [0.25, 0.3) is 10.0 Å². The summed E-state index contributed by atoms with van der Waals surface area (Å²) >= 11 is 8.85. The first-order chi connectivity index (χ1) is 9.29. The first kappa shape index (κ1) is 15.1. The van der Waals surface area contributed by atoms with Crippen molar-refractivity contribution in [1.29, 1.82) is 0 Å². The highest BCUT2D eigenvalue weighted by molar-refractivity contribution is 9.10. The lowest BCUT2D eigenvalue weighted by Gasteiger charge is -2.10. The van der Waals surface area contributed by atoms with Gasteiger partial charge in [-0.3, -0.25) is 4.72 Å². The van der Waals surface area contributed by atoms with Gasteiger partial charge in [0.15, 0.2) is 5.15 Å². The van der Waals surface area contributed by atoms with E-state index >= 15 is 0 Å². The molecule has 2 rings (SSSR count). The summed E-state index contributed by atoms with van der Waals surface area (Å²) in [7, 11) is -4.24. The summed E-state index contributed by atoms with van der Waals surface area (Å²) in [5.41, 5.74) is -0.0234. The van der Waals surface area contributed by atoms with Crippen LogP contribution in [0.4, 0.5) is 14.5 Å². The molecule has 4 nitrogen and oxygen atoms in total. The molecule has 0 aliphatic carbocycles. The third-order valence-corrected chi connectivity index (χ3v) is 4.37. The fraction of sp³-hybridized carbons (Fsp3) is 0. The molecule has 0 radical (unpaired) electrons. The second-order valence-corrected chi connectivity index (χ2v) is 6.60. The Morgan fingerprint density at radius 2 is 1.95 bits per heavy atom. The van der Waals surface area contributed by atoms with E-state index in [0.717, 1.165) is 12.1 Å². The van der Waals surface area contributed by atoms with Crippen molar-refractivity contribution in [1.82, 2.24) is 4.98 Å². The number of rotatable bonds is 3. The Kier molecular flexibility index (Phi) is 4.26. The molecule has 1 N–H and O–H groups in total. The molecule has 0 amide bonds. The standard InChI is InChI=1S/C11H6BrClF2N2O2S/c12-6-3-9(11(13)16-5-6)17-20(18,19)10-2-1-7(14)4-8(10)15/h1-5,17H. The van der Waals surface area contributed by atoms with Crippen LogP contribution in [0, 0.1) is 11.6 Å². The Morgan fingerprint density at radius 3 is 2.60 bits per heavy atom. The Bertz CT molecular complexity index is 771. The predicted molar refractivity (Wildman–Crippen MR) is 74.1 cm³/mol. The summed E-state index contributed by atoms with van der Waals surface area (Å²) in [5, 5.41) is -0.0979. The highest BCUT2D eigenvalue weighted by atomic mass is 79.9. The first-order valence-electron chi connectivity index (χ1n) is 5.08. The summed E-state index contributed by atoms with van der Waals surface area (Å²) < 4.78 is 52.9. The number of sulfonamides is 1. The maximum absolute atomic E-state index is 13.5. The molecule has 1 aromatic heterocycles. The van der Waals surface area contributed by atoms with Crippen LogP contribution in [0.15, 0.2) is 39.8 Å². The fourth-order valence-corrected chi connectivity index (χ4v) is 3.04. The van der Waals surface area contributed by atoms with E-state index in [2.05, 4.69) is 25.6 Å². The Labute approximate surface area is 127 Å². The monoisotopic (exact) mass is 382 g/mol. The number of anilines is 1. The summed E-state index contributed by atoms with van der Waals surface area (Å²) in [6, 6.07) is 3.52. The highest BCUT2D eigenvalue weighted by Crippen LogP contribution is 2.26. The average molecular weight is 384 g/mol. The SMILES string of the molecule is O=S(=O)(Nc1cc(Br)cnc1Cl)c1ccc(F)cc1F. The van der Waals surface area contributed by atoms with Crippen LogP contribution >= 0.6 is 27.5 Å². The minimum Gasteiger partial charge on any atom is -0.276 e. The molecule has 0 fully saturated rings. The number of hydrogen-bond acceptors (Lipinski definition) is 3. The topological polar surface area (TPSA) is 59.1 Å². The minimum atomic E-state index is -4.24. The van der Waals surface area contributed by atoms with Crippen molar-refractivity contribution in [3.63, 3.8) is 0 Å². The molecule has 0 saturated heterocycles. The zero-order valence-electron chi connectivity index (χ0n) is 9.57. The van der Waals surface area contributed by atoms with Gasteiger partial charge in [0.2, 0.25) is 0 Å². The molecule has 106 valence electrons. The number of aromatic nitrogens is 1.